The van der Waals surface area contributed by atoms with E-state index in [0.717, 1.165) is 34.0 Å². The molecule has 27 heavy (non-hydrogen) atoms. The van der Waals surface area contributed by atoms with E-state index in [-0.39, 0.29) is 0 Å². The average molecular weight is 381 g/mol. The van der Waals surface area contributed by atoms with Gasteiger partial charge < -0.3 is 15.2 Å². The maximum Gasteiger partial charge on any atom is 0.144 e. The molecular formula is C22H24N2O2S. The van der Waals surface area contributed by atoms with Gasteiger partial charge in [0.25, 0.3) is 0 Å². The van der Waals surface area contributed by atoms with Gasteiger partial charge in [0, 0.05) is 24.4 Å². The SMILES string of the molecule is CCC(OC)(c1cccc(OC/C=C/c2ccc(N)cc2)c1)c1nccs1. The van der Waals surface area contributed by atoms with Crippen molar-refractivity contribution in [3.63, 3.8) is 0 Å². The monoisotopic (exact) mass is 380 g/mol. The molecule has 2 aromatic carbocycles. The molecule has 1 atom stereocenters. The molecule has 0 saturated heterocycles. The number of nitrogens with zero attached hydrogens (tertiary/aromatic N) is 1. The quantitative estimate of drug-likeness (QED) is 0.551. The Hall–Kier alpha value is -2.63. The second-order valence-corrected chi connectivity index (χ2v) is 7.02. The minimum atomic E-state index is -0.548. The fourth-order valence-corrected chi connectivity index (χ4v) is 3.93. The van der Waals surface area contributed by atoms with Gasteiger partial charge >= 0.3 is 0 Å². The summed E-state index contributed by atoms with van der Waals surface area (Å²) < 4.78 is 11.8. The lowest BCUT2D eigenvalue weighted by atomic mass is 9.91. The highest BCUT2D eigenvalue weighted by Gasteiger charge is 2.35. The summed E-state index contributed by atoms with van der Waals surface area (Å²) >= 11 is 1.60. The highest BCUT2D eigenvalue weighted by molar-refractivity contribution is 7.09. The Labute approximate surface area is 164 Å². The van der Waals surface area contributed by atoms with Gasteiger partial charge in [0.05, 0.1) is 0 Å². The first-order valence-corrected chi connectivity index (χ1v) is 9.76. The lowest BCUT2D eigenvalue weighted by Crippen LogP contribution is -2.29. The summed E-state index contributed by atoms with van der Waals surface area (Å²) in [7, 11) is 1.73. The molecule has 2 N–H and O–H groups in total. The maximum atomic E-state index is 5.93. The van der Waals surface area contributed by atoms with Gasteiger partial charge in [0.2, 0.25) is 0 Å². The number of nitrogen functional groups attached to an aromatic ring is 1. The molecule has 0 aliphatic rings. The first-order chi connectivity index (χ1) is 13.2. The summed E-state index contributed by atoms with van der Waals surface area (Å²) in [5.41, 5.74) is 8.05. The third-order valence-corrected chi connectivity index (χ3v) is 5.43. The van der Waals surface area contributed by atoms with Gasteiger partial charge in [-0.25, -0.2) is 4.98 Å². The molecule has 0 aliphatic heterocycles. The summed E-state index contributed by atoms with van der Waals surface area (Å²) in [6.07, 6.45) is 6.61. The van der Waals surface area contributed by atoms with Crippen LogP contribution in [-0.2, 0) is 10.3 Å². The molecule has 3 aromatic rings. The van der Waals surface area contributed by atoms with Gasteiger partial charge in [-0.3, -0.25) is 0 Å². The van der Waals surface area contributed by atoms with Crippen LogP contribution in [0.4, 0.5) is 5.69 Å². The number of thiazole rings is 1. The molecule has 0 bridgehead atoms. The fraction of sp³-hybridized carbons (Fsp3) is 0.227. The van der Waals surface area contributed by atoms with E-state index >= 15 is 0 Å². The number of rotatable bonds is 8. The highest BCUT2D eigenvalue weighted by Crippen LogP contribution is 2.38. The van der Waals surface area contributed by atoms with E-state index < -0.39 is 5.60 Å². The summed E-state index contributed by atoms with van der Waals surface area (Å²) in [6.45, 7) is 2.59. The van der Waals surface area contributed by atoms with Crippen molar-refractivity contribution < 1.29 is 9.47 Å². The zero-order chi connectivity index (χ0) is 19.1. The Morgan fingerprint density at radius 1 is 1.19 bits per heavy atom. The zero-order valence-corrected chi connectivity index (χ0v) is 16.4. The topological polar surface area (TPSA) is 57.4 Å². The van der Waals surface area contributed by atoms with Gasteiger partial charge in [0.1, 0.15) is 23.0 Å². The van der Waals surface area contributed by atoms with Gasteiger partial charge in [0.15, 0.2) is 0 Å². The molecule has 4 nitrogen and oxygen atoms in total. The number of benzene rings is 2. The van der Waals surface area contributed by atoms with Crippen LogP contribution in [0.2, 0.25) is 0 Å². The molecule has 1 heterocycles. The van der Waals surface area contributed by atoms with Crippen molar-refractivity contribution in [2.24, 2.45) is 0 Å². The smallest absolute Gasteiger partial charge is 0.144 e. The van der Waals surface area contributed by atoms with Gasteiger partial charge in [-0.1, -0.05) is 37.3 Å². The van der Waals surface area contributed by atoms with E-state index in [1.807, 2.05) is 66.2 Å². The Morgan fingerprint density at radius 2 is 2.00 bits per heavy atom. The third kappa shape index (κ3) is 4.38. The molecule has 0 aliphatic carbocycles. The number of aromatic nitrogens is 1. The minimum absolute atomic E-state index is 0.483. The third-order valence-electron chi connectivity index (χ3n) is 4.52. The normalized spacial score (nSPS) is 13.6. The summed E-state index contributed by atoms with van der Waals surface area (Å²) in [5, 5.41) is 2.93. The molecule has 0 fully saturated rings. The lowest BCUT2D eigenvalue weighted by Gasteiger charge is -2.30. The number of hydrogen-bond acceptors (Lipinski definition) is 5. The van der Waals surface area contributed by atoms with Gasteiger partial charge in [-0.2, -0.15) is 0 Å². The molecule has 0 amide bonds. The van der Waals surface area contributed by atoms with Crippen molar-refractivity contribution in [2.75, 3.05) is 19.5 Å². The average Bonchev–Trinajstić information content (AvgIpc) is 3.24. The van der Waals surface area contributed by atoms with Crippen LogP contribution in [0.1, 0.15) is 29.5 Å². The molecule has 0 spiro atoms. The van der Waals surface area contributed by atoms with Crippen LogP contribution in [0.15, 0.2) is 66.2 Å². The maximum absolute atomic E-state index is 5.93. The molecule has 0 saturated carbocycles. The summed E-state index contributed by atoms with van der Waals surface area (Å²) in [6, 6.07) is 15.8. The van der Waals surface area contributed by atoms with Crippen molar-refractivity contribution in [1.82, 2.24) is 4.98 Å². The van der Waals surface area contributed by atoms with E-state index in [1.165, 1.54) is 0 Å². The van der Waals surface area contributed by atoms with Crippen LogP contribution in [0.25, 0.3) is 6.08 Å². The predicted octanol–water partition coefficient (Wildman–Crippen LogP) is 5.12. The molecular weight excluding hydrogens is 356 g/mol. The van der Waals surface area contributed by atoms with Crippen molar-refractivity contribution in [2.45, 2.75) is 18.9 Å². The Morgan fingerprint density at radius 3 is 2.67 bits per heavy atom. The van der Waals surface area contributed by atoms with E-state index in [9.17, 15) is 0 Å². The van der Waals surface area contributed by atoms with Crippen LogP contribution in [0.3, 0.4) is 0 Å². The molecule has 5 heteroatoms. The van der Waals surface area contributed by atoms with Crippen LogP contribution >= 0.6 is 11.3 Å². The Bertz CT molecular complexity index is 870. The van der Waals surface area contributed by atoms with Gasteiger partial charge in [-0.05, 0) is 47.9 Å². The second kappa shape index (κ2) is 8.84. The molecule has 1 unspecified atom stereocenters. The van der Waals surface area contributed by atoms with Gasteiger partial charge in [-0.15, -0.1) is 11.3 Å². The van der Waals surface area contributed by atoms with Crippen LogP contribution < -0.4 is 10.5 Å². The van der Waals surface area contributed by atoms with Crippen molar-refractivity contribution in [1.29, 1.82) is 0 Å². The first-order valence-electron chi connectivity index (χ1n) is 8.88. The van der Waals surface area contributed by atoms with Crippen LogP contribution in [-0.4, -0.2) is 18.7 Å². The largest absolute Gasteiger partial charge is 0.490 e. The zero-order valence-electron chi connectivity index (χ0n) is 15.6. The number of nitrogens with two attached hydrogens (primary N) is 1. The van der Waals surface area contributed by atoms with E-state index in [0.29, 0.717) is 6.61 Å². The number of hydrogen-bond donors (Lipinski definition) is 1. The van der Waals surface area contributed by atoms with Crippen LogP contribution in [0, 0.1) is 0 Å². The van der Waals surface area contributed by atoms with Crippen LogP contribution in [0.5, 0.6) is 5.75 Å². The molecule has 140 valence electrons. The van der Waals surface area contributed by atoms with E-state index in [1.54, 1.807) is 18.4 Å². The Kier molecular flexibility index (Phi) is 6.27. The standard InChI is InChI=1S/C22H24N2O2S/c1-3-22(25-2,21-24-13-15-27-21)18-7-4-8-20(16-18)26-14-5-6-17-9-11-19(23)12-10-17/h4-13,15-16H,3,14,23H2,1-2H3/b6-5+. The van der Waals surface area contributed by atoms with E-state index in [2.05, 4.69) is 18.0 Å². The van der Waals surface area contributed by atoms with Crippen molar-refractivity contribution >= 4 is 23.1 Å². The van der Waals surface area contributed by atoms with Crippen molar-refractivity contribution in [3.05, 3.63) is 82.3 Å². The highest BCUT2D eigenvalue weighted by atomic mass is 32.1. The number of methoxy groups -OCH3 is 1. The minimum Gasteiger partial charge on any atom is -0.490 e. The molecule has 1 aromatic heterocycles. The predicted molar refractivity (Wildman–Crippen MR) is 112 cm³/mol. The molecule has 3 rings (SSSR count). The number of anilines is 1. The Balaban J connectivity index is 1.72. The van der Waals surface area contributed by atoms with Crippen molar-refractivity contribution in [3.8, 4) is 5.75 Å². The van der Waals surface area contributed by atoms with E-state index in [4.69, 9.17) is 15.2 Å². The lowest BCUT2D eigenvalue weighted by molar-refractivity contribution is 0.0182. The second-order valence-electron chi connectivity index (χ2n) is 6.13. The number of ether oxygens (including phenoxy) is 2. The first kappa shape index (κ1) is 19.1. The summed E-state index contributed by atoms with van der Waals surface area (Å²) in [5.74, 6) is 0.806. The molecule has 0 radical (unpaired) electrons. The fourth-order valence-electron chi connectivity index (χ4n) is 3.02. The summed E-state index contributed by atoms with van der Waals surface area (Å²) in [4.78, 5) is 4.48.